The van der Waals surface area contributed by atoms with Gasteiger partial charge in [0.25, 0.3) is 5.91 Å². The van der Waals surface area contributed by atoms with E-state index < -0.39 is 17.8 Å². The molecule has 2 atom stereocenters. The summed E-state index contributed by atoms with van der Waals surface area (Å²) < 4.78 is 18.0. The Labute approximate surface area is 175 Å². The van der Waals surface area contributed by atoms with E-state index in [1.54, 1.807) is 17.0 Å². The predicted octanol–water partition coefficient (Wildman–Crippen LogP) is 2.64. The highest BCUT2D eigenvalue weighted by Gasteiger charge is 2.38. The zero-order valence-corrected chi connectivity index (χ0v) is 16.8. The van der Waals surface area contributed by atoms with E-state index in [0.717, 1.165) is 11.1 Å². The van der Waals surface area contributed by atoms with Gasteiger partial charge >= 0.3 is 5.97 Å². The van der Waals surface area contributed by atoms with Gasteiger partial charge in [-0.25, -0.2) is 4.39 Å². The van der Waals surface area contributed by atoms with Crippen LogP contribution in [0.2, 0.25) is 0 Å². The third-order valence-electron chi connectivity index (χ3n) is 5.24. The van der Waals surface area contributed by atoms with E-state index in [1.165, 1.54) is 12.1 Å². The largest absolute Gasteiger partial charge is 0.455 e. The number of esters is 1. The number of benzene rings is 2. The molecular weight excluding hydrogens is 387 g/mol. The first kappa shape index (κ1) is 21.5. The number of amides is 2. The zero-order chi connectivity index (χ0) is 21.5. The van der Waals surface area contributed by atoms with Crippen LogP contribution in [0.15, 0.2) is 54.6 Å². The molecule has 3 rings (SSSR count). The minimum Gasteiger partial charge on any atom is -0.455 e. The number of carbonyl (C=O) groups excluding carboxylic acids is 3. The molecule has 1 saturated heterocycles. The van der Waals surface area contributed by atoms with Crippen LogP contribution in [-0.4, -0.2) is 42.4 Å². The first-order chi connectivity index (χ1) is 14.4. The van der Waals surface area contributed by atoms with Gasteiger partial charge in [-0.15, -0.1) is 0 Å². The van der Waals surface area contributed by atoms with Crippen molar-refractivity contribution >= 4 is 17.8 Å². The summed E-state index contributed by atoms with van der Waals surface area (Å²) in [6, 6.07) is 15.5. The van der Waals surface area contributed by atoms with Crippen LogP contribution in [0.4, 0.5) is 4.39 Å². The normalized spacial score (nSPS) is 16.9. The van der Waals surface area contributed by atoms with Crippen molar-refractivity contribution in [2.45, 2.75) is 25.8 Å². The third kappa shape index (κ3) is 5.65. The van der Waals surface area contributed by atoms with Crippen molar-refractivity contribution in [3.05, 3.63) is 71.5 Å². The molecule has 0 saturated carbocycles. The van der Waals surface area contributed by atoms with Crippen LogP contribution in [0, 0.1) is 11.7 Å². The first-order valence-corrected chi connectivity index (χ1v) is 9.96. The summed E-state index contributed by atoms with van der Waals surface area (Å²) in [5, 5.41) is 2.66. The monoisotopic (exact) mass is 412 g/mol. The molecule has 158 valence electrons. The highest BCUT2D eigenvalue weighted by molar-refractivity contribution is 5.88. The van der Waals surface area contributed by atoms with Gasteiger partial charge in [0.2, 0.25) is 5.91 Å². The van der Waals surface area contributed by atoms with Crippen molar-refractivity contribution < 1.29 is 23.5 Å². The molecule has 0 radical (unpaired) electrons. The number of carbonyl (C=O) groups is 3. The Balaban J connectivity index is 1.40. The van der Waals surface area contributed by atoms with E-state index in [9.17, 15) is 18.8 Å². The second kappa shape index (κ2) is 10.0. The maximum atomic E-state index is 12.9. The average molecular weight is 412 g/mol. The van der Waals surface area contributed by atoms with E-state index in [4.69, 9.17) is 4.74 Å². The van der Waals surface area contributed by atoms with Crippen LogP contribution in [-0.2, 0) is 25.5 Å². The Bertz CT molecular complexity index is 886. The molecule has 1 fully saturated rings. The average Bonchev–Trinajstić information content (AvgIpc) is 3.15. The van der Waals surface area contributed by atoms with Gasteiger partial charge in [0, 0.05) is 19.5 Å². The highest BCUT2D eigenvalue weighted by Crippen LogP contribution is 2.28. The van der Waals surface area contributed by atoms with Crippen molar-refractivity contribution in [3.8, 4) is 0 Å². The fourth-order valence-electron chi connectivity index (χ4n) is 3.48. The van der Waals surface area contributed by atoms with Gasteiger partial charge in [0.05, 0.1) is 12.0 Å². The van der Waals surface area contributed by atoms with E-state index in [2.05, 4.69) is 5.32 Å². The van der Waals surface area contributed by atoms with Gasteiger partial charge in [0.1, 0.15) is 5.82 Å². The van der Waals surface area contributed by atoms with Gasteiger partial charge < -0.3 is 15.0 Å². The molecular formula is C23H25FN2O4. The molecule has 30 heavy (non-hydrogen) atoms. The van der Waals surface area contributed by atoms with Gasteiger partial charge in [-0.2, -0.15) is 0 Å². The zero-order valence-electron chi connectivity index (χ0n) is 16.8. The lowest BCUT2D eigenvalue weighted by Crippen LogP contribution is -2.32. The number of hydrogen-bond acceptors (Lipinski definition) is 4. The molecule has 0 unspecified atom stereocenters. The Morgan fingerprint density at radius 1 is 1.17 bits per heavy atom. The number of nitrogens with zero attached hydrogens (tertiary/aromatic N) is 1. The van der Waals surface area contributed by atoms with Crippen molar-refractivity contribution in [1.82, 2.24) is 10.2 Å². The van der Waals surface area contributed by atoms with E-state index in [0.29, 0.717) is 13.0 Å². The van der Waals surface area contributed by atoms with Crippen LogP contribution in [0.1, 0.15) is 30.5 Å². The van der Waals surface area contributed by atoms with Crippen LogP contribution in [0.3, 0.4) is 0 Å². The fourth-order valence-corrected chi connectivity index (χ4v) is 3.48. The maximum Gasteiger partial charge on any atom is 0.311 e. The van der Waals surface area contributed by atoms with Crippen LogP contribution >= 0.6 is 0 Å². The van der Waals surface area contributed by atoms with Crippen LogP contribution in [0.25, 0.3) is 0 Å². The van der Waals surface area contributed by atoms with Gasteiger partial charge in [-0.3, -0.25) is 14.4 Å². The minimum absolute atomic E-state index is 0.0855. The Kier molecular flexibility index (Phi) is 7.17. The second-order valence-corrected chi connectivity index (χ2v) is 7.37. The standard InChI is InChI=1S/C23H25FN2O4/c1-16(18-5-3-2-4-6-18)26-14-19(13-22(26)28)23(29)30-15-21(27)25-12-11-17-7-9-20(24)10-8-17/h2-10,16,19H,11-15H2,1H3,(H,25,27)/t16-,19-/m1/s1. The molecule has 1 heterocycles. The summed E-state index contributed by atoms with van der Waals surface area (Å²) in [5.41, 5.74) is 1.89. The van der Waals surface area contributed by atoms with Crippen molar-refractivity contribution in [2.75, 3.05) is 19.7 Å². The number of hydrogen-bond donors (Lipinski definition) is 1. The minimum atomic E-state index is -0.573. The Morgan fingerprint density at radius 3 is 2.57 bits per heavy atom. The van der Waals surface area contributed by atoms with Gasteiger partial charge in [-0.05, 0) is 36.6 Å². The molecule has 0 aromatic heterocycles. The predicted molar refractivity (Wildman–Crippen MR) is 109 cm³/mol. The van der Waals surface area contributed by atoms with Crippen molar-refractivity contribution in [2.24, 2.45) is 5.92 Å². The first-order valence-electron chi connectivity index (χ1n) is 9.96. The fraction of sp³-hybridized carbons (Fsp3) is 0.348. The smallest absolute Gasteiger partial charge is 0.311 e. The SMILES string of the molecule is C[C@H](c1ccccc1)N1C[C@H](C(=O)OCC(=O)NCCc2ccc(F)cc2)CC1=O. The molecule has 0 bridgehead atoms. The number of likely N-dealkylation sites (tertiary alicyclic amines) is 1. The number of nitrogens with one attached hydrogen (secondary N) is 1. The third-order valence-corrected chi connectivity index (χ3v) is 5.24. The summed E-state index contributed by atoms with van der Waals surface area (Å²) in [6.45, 7) is 2.17. The molecule has 1 N–H and O–H groups in total. The lowest BCUT2D eigenvalue weighted by molar-refractivity contribution is -0.152. The summed E-state index contributed by atoms with van der Waals surface area (Å²) in [6.07, 6.45) is 0.631. The number of halogens is 1. The topological polar surface area (TPSA) is 75.7 Å². The molecule has 6 nitrogen and oxygen atoms in total. The number of ether oxygens (including phenoxy) is 1. The molecule has 2 aromatic carbocycles. The summed E-state index contributed by atoms with van der Waals surface area (Å²) >= 11 is 0. The summed E-state index contributed by atoms with van der Waals surface area (Å²) in [5.74, 6) is -1.94. The van der Waals surface area contributed by atoms with E-state index in [-0.39, 0.29) is 37.3 Å². The Morgan fingerprint density at radius 2 is 1.87 bits per heavy atom. The summed E-state index contributed by atoms with van der Waals surface area (Å²) in [7, 11) is 0. The second-order valence-electron chi connectivity index (χ2n) is 7.37. The molecule has 1 aliphatic rings. The molecule has 0 aliphatic carbocycles. The summed E-state index contributed by atoms with van der Waals surface area (Å²) in [4.78, 5) is 38.2. The van der Waals surface area contributed by atoms with Crippen molar-refractivity contribution in [3.63, 3.8) is 0 Å². The van der Waals surface area contributed by atoms with Crippen LogP contribution < -0.4 is 5.32 Å². The van der Waals surface area contributed by atoms with Gasteiger partial charge in [0.15, 0.2) is 6.61 Å². The highest BCUT2D eigenvalue weighted by atomic mass is 19.1. The quantitative estimate of drug-likeness (QED) is 0.677. The van der Waals surface area contributed by atoms with Crippen molar-refractivity contribution in [1.29, 1.82) is 0 Å². The van der Waals surface area contributed by atoms with Crippen LogP contribution in [0.5, 0.6) is 0 Å². The molecule has 2 aromatic rings. The lowest BCUT2D eigenvalue weighted by Gasteiger charge is -2.25. The number of rotatable bonds is 8. The molecule has 1 aliphatic heterocycles. The van der Waals surface area contributed by atoms with Gasteiger partial charge in [-0.1, -0.05) is 42.5 Å². The lowest BCUT2D eigenvalue weighted by atomic mass is 10.1. The molecule has 7 heteroatoms. The molecule has 2 amide bonds. The maximum absolute atomic E-state index is 12.9. The Hall–Kier alpha value is -3.22. The van der Waals surface area contributed by atoms with E-state index in [1.807, 2.05) is 37.3 Å². The molecule has 0 spiro atoms. The van der Waals surface area contributed by atoms with E-state index >= 15 is 0 Å².